The number of rotatable bonds is 6. The number of nitrogens with one attached hydrogen (secondary N) is 1. The second kappa shape index (κ2) is 6.31. The highest BCUT2D eigenvalue weighted by Crippen LogP contribution is 2.11. The van der Waals surface area contributed by atoms with Crippen molar-refractivity contribution in [1.82, 2.24) is 9.97 Å². The van der Waals surface area contributed by atoms with Crippen LogP contribution in [-0.4, -0.2) is 35.2 Å². The minimum Gasteiger partial charge on any atom is -0.477 e. The summed E-state index contributed by atoms with van der Waals surface area (Å²) >= 11 is 0. The fraction of sp³-hybridized carbons (Fsp3) is 0.154. The lowest BCUT2D eigenvalue weighted by atomic mass is 10.2. The Hall–Kier alpha value is -2.48. The molecule has 2 heterocycles. The molecule has 2 N–H and O–H groups in total. The minimum absolute atomic E-state index is 0.109. The fourth-order valence-corrected chi connectivity index (χ4v) is 2.74. The van der Waals surface area contributed by atoms with Gasteiger partial charge in [0, 0.05) is 18.6 Å². The van der Waals surface area contributed by atoms with Crippen LogP contribution in [0.25, 0.3) is 0 Å². The molecule has 0 fully saturated rings. The molecule has 0 saturated heterocycles. The van der Waals surface area contributed by atoms with Gasteiger partial charge in [-0.1, -0.05) is 0 Å². The fourth-order valence-electron chi connectivity index (χ4n) is 1.64. The summed E-state index contributed by atoms with van der Waals surface area (Å²) in [6.45, 7) is 0. The lowest BCUT2D eigenvalue weighted by molar-refractivity contribution is 0.0690. The van der Waals surface area contributed by atoms with Crippen LogP contribution < -0.4 is 4.72 Å². The second-order valence-corrected chi connectivity index (χ2v) is 6.10. The Morgan fingerprint density at radius 2 is 1.90 bits per heavy atom. The Kier molecular flexibility index (Phi) is 4.49. The first-order chi connectivity index (χ1) is 9.96. The van der Waals surface area contributed by atoms with Gasteiger partial charge < -0.3 is 5.11 Å². The zero-order valence-electron chi connectivity index (χ0n) is 10.9. The molecule has 21 heavy (non-hydrogen) atoms. The molecule has 7 nitrogen and oxygen atoms in total. The van der Waals surface area contributed by atoms with E-state index in [0.29, 0.717) is 6.42 Å². The number of hydrogen-bond donors (Lipinski definition) is 2. The third-order valence-electron chi connectivity index (χ3n) is 2.66. The molecule has 0 bridgehead atoms. The molecule has 0 saturated carbocycles. The first-order valence-electron chi connectivity index (χ1n) is 6.05. The van der Waals surface area contributed by atoms with Crippen molar-refractivity contribution in [1.29, 1.82) is 0 Å². The molecule has 2 aromatic heterocycles. The predicted octanol–water partition coefficient (Wildman–Crippen LogP) is 1.16. The Balaban J connectivity index is 2.04. The standard InChI is InChI=1S/C13H13N3O4S/c17-13(18)12-9-11(3-7-15-12)16-21(19,20)8-4-10-1-5-14-6-2-10/h1-3,5-7,9H,4,8H2,(H,15,16)(H,17,18). The molecule has 0 atom stereocenters. The van der Waals surface area contributed by atoms with Crippen LogP contribution in [0.1, 0.15) is 16.1 Å². The van der Waals surface area contributed by atoms with Gasteiger partial charge in [0.05, 0.1) is 11.4 Å². The number of carboxylic acid groups (broad SMARTS) is 1. The average Bonchev–Trinajstić information content (AvgIpc) is 2.46. The number of sulfonamides is 1. The smallest absolute Gasteiger partial charge is 0.354 e. The van der Waals surface area contributed by atoms with Crippen LogP contribution in [0.4, 0.5) is 5.69 Å². The zero-order valence-corrected chi connectivity index (χ0v) is 11.7. The third kappa shape index (κ3) is 4.53. The number of aryl methyl sites for hydroxylation is 1. The van der Waals surface area contributed by atoms with Gasteiger partial charge in [-0.3, -0.25) is 9.71 Å². The maximum absolute atomic E-state index is 12.0. The largest absolute Gasteiger partial charge is 0.477 e. The molecular formula is C13H13N3O4S. The number of aromatic carboxylic acids is 1. The van der Waals surface area contributed by atoms with Crippen molar-refractivity contribution in [2.45, 2.75) is 6.42 Å². The van der Waals surface area contributed by atoms with E-state index in [1.807, 2.05) is 0 Å². The SMILES string of the molecule is O=C(O)c1cc(NS(=O)(=O)CCc2ccncc2)ccn1. The van der Waals surface area contributed by atoms with Crippen LogP contribution >= 0.6 is 0 Å². The van der Waals surface area contributed by atoms with Crippen molar-refractivity contribution >= 4 is 21.7 Å². The molecule has 0 spiro atoms. The molecule has 0 aliphatic heterocycles. The minimum atomic E-state index is -3.57. The van der Waals surface area contributed by atoms with Gasteiger partial charge in [0.15, 0.2) is 0 Å². The predicted molar refractivity (Wildman–Crippen MR) is 76.5 cm³/mol. The van der Waals surface area contributed by atoms with Gasteiger partial charge in [0.25, 0.3) is 0 Å². The molecular weight excluding hydrogens is 294 g/mol. The highest BCUT2D eigenvalue weighted by Gasteiger charge is 2.12. The zero-order chi connectivity index (χ0) is 15.3. The molecule has 0 aliphatic carbocycles. The van der Waals surface area contributed by atoms with Crippen molar-refractivity contribution in [3.63, 3.8) is 0 Å². The van der Waals surface area contributed by atoms with E-state index in [4.69, 9.17) is 5.11 Å². The van der Waals surface area contributed by atoms with Gasteiger partial charge in [0.1, 0.15) is 5.69 Å². The van der Waals surface area contributed by atoms with Gasteiger partial charge >= 0.3 is 5.97 Å². The molecule has 8 heteroatoms. The normalized spacial score (nSPS) is 11.0. The molecule has 0 amide bonds. The van der Waals surface area contributed by atoms with E-state index in [-0.39, 0.29) is 17.1 Å². The lowest BCUT2D eigenvalue weighted by Crippen LogP contribution is -2.18. The molecule has 0 radical (unpaired) electrons. The summed E-state index contributed by atoms with van der Waals surface area (Å²) in [5.41, 5.74) is 0.817. The van der Waals surface area contributed by atoms with Crippen molar-refractivity contribution in [3.05, 3.63) is 54.1 Å². The summed E-state index contributed by atoms with van der Waals surface area (Å²) in [7, 11) is -3.57. The first-order valence-corrected chi connectivity index (χ1v) is 7.70. The van der Waals surface area contributed by atoms with E-state index in [1.165, 1.54) is 18.3 Å². The van der Waals surface area contributed by atoms with E-state index in [1.54, 1.807) is 24.5 Å². The molecule has 0 aromatic carbocycles. The van der Waals surface area contributed by atoms with E-state index in [2.05, 4.69) is 14.7 Å². The Morgan fingerprint density at radius 3 is 2.57 bits per heavy atom. The number of anilines is 1. The van der Waals surface area contributed by atoms with Crippen LogP contribution in [0.2, 0.25) is 0 Å². The van der Waals surface area contributed by atoms with Crippen LogP contribution in [0.15, 0.2) is 42.9 Å². The number of carboxylic acids is 1. The number of carbonyl (C=O) groups is 1. The van der Waals surface area contributed by atoms with Crippen LogP contribution in [0.5, 0.6) is 0 Å². The Labute approximate surface area is 121 Å². The molecule has 110 valence electrons. The van der Waals surface area contributed by atoms with Gasteiger partial charge in [-0.15, -0.1) is 0 Å². The number of pyridine rings is 2. The third-order valence-corrected chi connectivity index (χ3v) is 3.95. The summed E-state index contributed by atoms with van der Waals surface area (Å²) in [6.07, 6.45) is 4.77. The van der Waals surface area contributed by atoms with E-state index < -0.39 is 16.0 Å². The topological polar surface area (TPSA) is 109 Å². The monoisotopic (exact) mass is 307 g/mol. The summed E-state index contributed by atoms with van der Waals surface area (Å²) in [5.74, 6) is -1.32. The molecule has 2 rings (SSSR count). The lowest BCUT2D eigenvalue weighted by Gasteiger charge is -2.08. The maximum atomic E-state index is 12.0. The van der Waals surface area contributed by atoms with Crippen LogP contribution in [0, 0.1) is 0 Å². The van der Waals surface area contributed by atoms with Crippen molar-refractivity contribution < 1.29 is 18.3 Å². The Bertz CT molecular complexity index is 732. The van der Waals surface area contributed by atoms with E-state index in [9.17, 15) is 13.2 Å². The van der Waals surface area contributed by atoms with Gasteiger partial charge in [-0.2, -0.15) is 0 Å². The Morgan fingerprint density at radius 1 is 1.19 bits per heavy atom. The molecule has 0 aliphatic rings. The van der Waals surface area contributed by atoms with E-state index >= 15 is 0 Å². The number of nitrogens with zero attached hydrogens (tertiary/aromatic N) is 2. The summed E-state index contributed by atoms with van der Waals surface area (Å²) in [6, 6.07) is 6.05. The highest BCUT2D eigenvalue weighted by atomic mass is 32.2. The van der Waals surface area contributed by atoms with Crippen LogP contribution in [-0.2, 0) is 16.4 Å². The highest BCUT2D eigenvalue weighted by molar-refractivity contribution is 7.92. The summed E-state index contributed by atoms with van der Waals surface area (Å²) in [4.78, 5) is 18.3. The quantitative estimate of drug-likeness (QED) is 0.828. The maximum Gasteiger partial charge on any atom is 0.354 e. The summed E-state index contributed by atoms with van der Waals surface area (Å²) in [5, 5.41) is 8.81. The van der Waals surface area contributed by atoms with Crippen molar-refractivity contribution in [2.24, 2.45) is 0 Å². The second-order valence-electron chi connectivity index (χ2n) is 4.26. The number of aromatic nitrogens is 2. The van der Waals surface area contributed by atoms with E-state index in [0.717, 1.165) is 5.56 Å². The average molecular weight is 307 g/mol. The molecule has 0 unspecified atom stereocenters. The number of hydrogen-bond acceptors (Lipinski definition) is 5. The molecule has 2 aromatic rings. The van der Waals surface area contributed by atoms with Gasteiger partial charge in [0.2, 0.25) is 10.0 Å². The first kappa shape index (κ1) is 14.9. The van der Waals surface area contributed by atoms with Gasteiger partial charge in [-0.05, 0) is 36.2 Å². The van der Waals surface area contributed by atoms with Gasteiger partial charge in [-0.25, -0.2) is 18.2 Å². The van der Waals surface area contributed by atoms with Crippen molar-refractivity contribution in [2.75, 3.05) is 10.5 Å². The van der Waals surface area contributed by atoms with Crippen LogP contribution in [0.3, 0.4) is 0 Å². The summed E-state index contributed by atoms with van der Waals surface area (Å²) < 4.78 is 26.3. The van der Waals surface area contributed by atoms with Crippen molar-refractivity contribution in [3.8, 4) is 0 Å².